The zero-order chi connectivity index (χ0) is 4.88. The van der Waals surface area contributed by atoms with Crippen LogP contribution in [0.2, 0.25) is 0 Å². The average Bonchev–Trinajstić information content (AvgIpc) is 2.56. The zero-order valence-electron chi connectivity index (χ0n) is 4.88. The normalized spacial score (nSPS) is 87.0. The lowest BCUT2D eigenvalue weighted by Gasteiger charge is -2.04. The Balaban J connectivity index is 2.04. The third-order valence-electron chi connectivity index (χ3n) is 4.33. The number of fused-ring (bicyclic) bond motifs is 2. The fraction of sp³-hybridized carbons (Fsp3) is 1.00. The molecule has 4 aliphatic rings. The van der Waals surface area contributed by atoms with E-state index in [0.717, 1.165) is 0 Å². The third-order valence-corrected chi connectivity index (χ3v) is 4.33. The summed E-state index contributed by atoms with van der Waals surface area (Å²) < 4.78 is 0. The van der Waals surface area contributed by atoms with E-state index >= 15 is 0 Å². The first kappa shape index (κ1) is 3.24. The molecular formula is C8H10. The van der Waals surface area contributed by atoms with E-state index in [1.54, 1.807) is 12.8 Å². The lowest BCUT2D eigenvalue weighted by atomic mass is 10.0. The van der Waals surface area contributed by atoms with Crippen LogP contribution in [-0.2, 0) is 0 Å². The van der Waals surface area contributed by atoms with Gasteiger partial charge in [0.1, 0.15) is 0 Å². The minimum absolute atomic E-state index is 1.27. The first-order chi connectivity index (χ1) is 3.97. The first-order valence-electron chi connectivity index (χ1n) is 3.97. The molecule has 0 heteroatoms. The van der Waals surface area contributed by atoms with Crippen LogP contribution in [0.4, 0.5) is 0 Å². The molecule has 4 unspecified atom stereocenters. The predicted octanol–water partition coefficient (Wildman–Crippen LogP) is 1.52. The topological polar surface area (TPSA) is 0 Å². The van der Waals surface area contributed by atoms with Gasteiger partial charge in [0.2, 0.25) is 0 Å². The van der Waals surface area contributed by atoms with Gasteiger partial charge < -0.3 is 0 Å². The Kier molecular flexibility index (Phi) is 0.255. The van der Waals surface area contributed by atoms with Crippen molar-refractivity contribution >= 4 is 0 Å². The van der Waals surface area contributed by atoms with Crippen LogP contribution in [0.5, 0.6) is 0 Å². The SMILES string of the molecule is C1C2C3CC4C1C4C23. The van der Waals surface area contributed by atoms with Gasteiger partial charge in [-0.3, -0.25) is 0 Å². The quantitative estimate of drug-likeness (QED) is 0.439. The Morgan fingerprint density at radius 3 is 1.12 bits per heavy atom. The summed E-state index contributed by atoms with van der Waals surface area (Å²) >= 11 is 0. The number of hydrogen-bond acceptors (Lipinski definition) is 0. The molecule has 0 amide bonds. The molecule has 0 saturated heterocycles. The van der Waals surface area contributed by atoms with Crippen LogP contribution >= 0.6 is 0 Å². The summed E-state index contributed by atoms with van der Waals surface area (Å²) in [5, 5.41) is 0. The molecule has 0 spiro atoms. The molecule has 0 nitrogen and oxygen atoms in total. The van der Waals surface area contributed by atoms with Gasteiger partial charge in [-0.15, -0.1) is 0 Å². The van der Waals surface area contributed by atoms with E-state index in [9.17, 15) is 0 Å². The fourth-order valence-corrected chi connectivity index (χ4v) is 4.05. The molecule has 0 aromatic carbocycles. The minimum atomic E-state index is 1.27. The second kappa shape index (κ2) is 0.630. The van der Waals surface area contributed by atoms with E-state index in [1.165, 1.54) is 35.5 Å². The van der Waals surface area contributed by atoms with Gasteiger partial charge in [0.05, 0.1) is 0 Å². The molecule has 0 radical (unpaired) electrons. The Hall–Kier alpha value is 0. The highest BCUT2D eigenvalue weighted by Crippen LogP contribution is 2.84. The third kappa shape index (κ3) is 0.146. The van der Waals surface area contributed by atoms with E-state index in [1.807, 2.05) is 0 Å². The van der Waals surface area contributed by atoms with E-state index < -0.39 is 0 Å². The molecule has 4 fully saturated rings. The summed E-state index contributed by atoms with van der Waals surface area (Å²) in [6.45, 7) is 0. The van der Waals surface area contributed by atoms with Crippen LogP contribution in [0.15, 0.2) is 0 Å². The lowest BCUT2D eigenvalue weighted by molar-refractivity contribution is 0.457. The Morgan fingerprint density at radius 1 is 0.625 bits per heavy atom. The van der Waals surface area contributed by atoms with Gasteiger partial charge in [0, 0.05) is 0 Å². The van der Waals surface area contributed by atoms with Crippen molar-refractivity contribution in [2.24, 2.45) is 35.5 Å². The van der Waals surface area contributed by atoms with Crippen LogP contribution in [0.1, 0.15) is 12.8 Å². The molecule has 4 saturated carbocycles. The van der Waals surface area contributed by atoms with E-state index in [2.05, 4.69) is 0 Å². The summed E-state index contributed by atoms with van der Waals surface area (Å²) in [7, 11) is 0. The van der Waals surface area contributed by atoms with Crippen molar-refractivity contribution in [1.29, 1.82) is 0 Å². The molecule has 0 aromatic heterocycles. The minimum Gasteiger partial charge on any atom is -0.0465 e. The molecule has 0 aliphatic heterocycles. The zero-order valence-corrected chi connectivity index (χ0v) is 4.88. The van der Waals surface area contributed by atoms with Crippen molar-refractivity contribution in [2.75, 3.05) is 0 Å². The maximum Gasteiger partial charge on any atom is -0.0318 e. The smallest absolute Gasteiger partial charge is 0.0318 e. The summed E-state index contributed by atoms with van der Waals surface area (Å²) in [5.74, 6) is 7.69. The molecule has 4 aliphatic carbocycles. The number of rotatable bonds is 0. The maximum atomic E-state index is 1.66. The Bertz CT molecular complexity index is 137. The second-order valence-corrected chi connectivity index (χ2v) is 4.28. The standard InChI is InChI=1S/C8H10/c1-3-5-2-6-4(1)8(6)7(3)5/h3-8H,1-2H2. The van der Waals surface area contributed by atoms with Crippen molar-refractivity contribution in [1.82, 2.24) is 0 Å². The summed E-state index contributed by atoms with van der Waals surface area (Å²) in [4.78, 5) is 0. The van der Waals surface area contributed by atoms with Crippen molar-refractivity contribution in [2.45, 2.75) is 12.8 Å². The number of hydrogen-bond donors (Lipinski definition) is 0. The lowest BCUT2D eigenvalue weighted by Crippen LogP contribution is -1.95. The van der Waals surface area contributed by atoms with Crippen molar-refractivity contribution in [3.8, 4) is 0 Å². The Labute approximate surface area is 49.3 Å². The van der Waals surface area contributed by atoms with Crippen LogP contribution in [0.25, 0.3) is 0 Å². The summed E-state index contributed by atoms with van der Waals surface area (Å²) in [6.07, 6.45) is 3.31. The molecule has 8 heavy (non-hydrogen) atoms. The average molecular weight is 106 g/mol. The molecule has 0 heterocycles. The summed E-state index contributed by atoms with van der Waals surface area (Å²) in [5.41, 5.74) is 0. The highest BCUT2D eigenvalue weighted by Gasteiger charge is 2.78. The van der Waals surface area contributed by atoms with Crippen LogP contribution in [0, 0.1) is 35.5 Å². The van der Waals surface area contributed by atoms with Gasteiger partial charge in [-0.25, -0.2) is 0 Å². The molecule has 42 valence electrons. The highest BCUT2D eigenvalue weighted by molar-refractivity contribution is 5.26. The van der Waals surface area contributed by atoms with Gasteiger partial charge in [-0.05, 0) is 48.3 Å². The molecular weight excluding hydrogens is 96.1 g/mol. The van der Waals surface area contributed by atoms with Gasteiger partial charge in [0.25, 0.3) is 0 Å². The van der Waals surface area contributed by atoms with Crippen molar-refractivity contribution in [3.63, 3.8) is 0 Å². The van der Waals surface area contributed by atoms with E-state index in [4.69, 9.17) is 0 Å². The molecule has 4 rings (SSSR count). The van der Waals surface area contributed by atoms with Gasteiger partial charge in [-0.1, -0.05) is 0 Å². The largest absolute Gasteiger partial charge is 0.0465 e. The van der Waals surface area contributed by atoms with Crippen molar-refractivity contribution in [3.05, 3.63) is 0 Å². The van der Waals surface area contributed by atoms with E-state index in [-0.39, 0.29) is 0 Å². The van der Waals surface area contributed by atoms with E-state index in [0.29, 0.717) is 0 Å². The van der Waals surface area contributed by atoms with Crippen LogP contribution in [0.3, 0.4) is 0 Å². The van der Waals surface area contributed by atoms with Crippen LogP contribution < -0.4 is 0 Å². The molecule has 0 N–H and O–H groups in total. The predicted molar refractivity (Wildman–Crippen MR) is 30.2 cm³/mol. The molecule has 4 atom stereocenters. The second-order valence-electron chi connectivity index (χ2n) is 4.28. The maximum absolute atomic E-state index is 1.66. The highest BCUT2D eigenvalue weighted by atomic mass is 14.8. The first-order valence-corrected chi connectivity index (χ1v) is 3.97. The van der Waals surface area contributed by atoms with Gasteiger partial charge in [0.15, 0.2) is 0 Å². The van der Waals surface area contributed by atoms with Crippen LogP contribution in [-0.4, -0.2) is 0 Å². The fourth-order valence-electron chi connectivity index (χ4n) is 4.05. The Morgan fingerprint density at radius 2 is 1.00 bits per heavy atom. The van der Waals surface area contributed by atoms with Crippen molar-refractivity contribution < 1.29 is 0 Å². The molecule has 0 aromatic rings. The van der Waals surface area contributed by atoms with Gasteiger partial charge >= 0.3 is 0 Å². The van der Waals surface area contributed by atoms with Gasteiger partial charge in [-0.2, -0.15) is 0 Å². The molecule has 0 bridgehead atoms. The summed E-state index contributed by atoms with van der Waals surface area (Å²) in [6, 6.07) is 0. The monoisotopic (exact) mass is 106 g/mol.